The Hall–Kier alpha value is -1.27. The van der Waals surface area contributed by atoms with E-state index in [1.54, 1.807) is 13.2 Å². The van der Waals surface area contributed by atoms with Crippen LogP contribution in [0.25, 0.3) is 0 Å². The van der Waals surface area contributed by atoms with Crippen LogP contribution in [0.2, 0.25) is 0 Å². The molecule has 0 aliphatic heterocycles. The Morgan fingerprint density at radius 1 is 1.43 bits per heavy atom. The molecule has 0 aliphatic rings. The molecule has 6 heteroatoms. The van der Waals surface area contributed by atoms with Crippen molar-refractivity contribution in [2.24, 2.45) is 0 Å². The molecule has 1 rings (SSSR count). The van der Waals surface area contributed by atoms with E-state index in [-0.39, 0.29) is 11.2 Å². The van der Waals surface area contributed by atoms with E-state index in [9.17, 15) is 4.79 Å². The first-order valence-corrected chi connectivity index (χ1v) is 8.21. The number of ether oxygens (including phenoxy) is 1. The van der Waals surface area contributed by atoms with E-state index < -0.39 is 0 Å². The number of benzene rings is 1. The molecule has 1 atom stereocenters. The number of carbonyl (C=O) groups excluding carboxylic acids is 1. The normalized spacial score (nSPS) is 11.6. The summed E-state index contributed by atoms with van der Waals surface area (Å²) in [6.45, 7) is 7.67. The van der Waals surface area contributed by atoms with Gasteiger partial charge in [-0.25, -0.2) is 0 Å². The van der Waals surface area contributed by atoms with Crippen molar-refractivity contribution in [3.8, 4) is 5.75 Å². The third kappa shape index (κ3) is 5.55. The second kappa shape index (κ2) is 8.89. The molecule has 0 unspecified atom stereocenters. The minimum Gasteiger partial charge on any atom is -0.497 e. The molecule has 0 radical (unpaired) electrons. The number of hydrogen-bond acceptors (Lipinski definition) is 4. The molecule has 1 amide bonds. The number of carbonyl (C=O) groups is 1. The Kier molecular flexibility index (Phi) is 7.53. The van der Waals surface area contributed by atoms with Gasteiger partial charge in [0.15, 0.2) is 0 Å². The smallest absolute Gasteiger partial charge is 0.237 e. The fraction of sp³-hybridized carbons (Fsp3) is 0.467. The lowest BCUT2D eigenvalue weighted by molar-refractivity contribution is -0.115. The zero-order valence-corrected chi connectivity index (χ0v) is 14.5. The number of anilines is 1. The van der Waals surface area contributed by atoms with E-state index in [0.29, 0.717) is 5.75 Å². The van der Waals surface area contributed by atoms with E-state index in [1.807, 2.05) is 25.1 Å². The number of hydrogen-bond donors (Lipinski definition) is 1. The third-order valence-electron chi connectivity index (χ3n) is 3.01. The third-order valence-corrected chi connectivity index (χ3v) is 4.58. The lowest BCUT2D eigenvalue weighted by Gasteiger charge is -2.22. The van der Waals surface area contributed by atoms with Crippen LogP contribution in [-0.2, 0) is 4.79 Å². The highest BCUT2D eigenvalue weighted by molar-refractivity contribution is 8.23. The van der Waals surface area contributed by atoms with Crippen molar-refractivity contribution in [2.45, 2.75) is 26.0 Å². The van der Waals surface area contributed by atoms with Crippen LogP contribution < -0.4 is 10.1 Å². The number of thiocarbonyl (C=S) groups is 1. The highest BCUT2D eigenvalue weighted by Gasteiger charge is 2.18. The van der Waals surface area contributed by atoms with E-state index in [4.69, 9.17) is 17.0 Å². The summed E-state index contributed by atoms with van der Waals surface area (Å²) in [5, 5.41) is 2.63. The highest BCUT2D eigenvalue weighted by Crippen LogP contribution is 2.20. The first-order valence-electron chi connectivity index (χ1n) is 6.92. The minimum atomic E-state index is -0.246. The molecule has 0 heterocycles. The maximum absolute atomic E-state index is 12.2. The van der Waals surface area contributed by atoms with Gasteiger partial charge in [-0.3, -0.25) is 4.79 Å². The molecule has 21 heavy (non-hydrogen) atoms. The van der Waals surface area contributed by atoms with Gasteiger partial charge in [-0.1, -0.05) is 30.0 Å². The van der Waals surface area contributed by atoms with Gasteiger partial charge in [0.05, 0.1) is 12.4 Å². The summed E-state index contributed by atoms with van der Waals surface area (Å²) in [4.78, 5) is 14.3. The van der Waals surface area contributed by atoms with E-state index in [2.05, 4.69) is 24.1 Å². The summed E-state index contributed by atoms with van der Waals surface area (Å²) < 4.78 is 5.90. The lowest BCUT2D eigenvalue weighted by atomic mass is 10.3. The SMILES string of the molecule is CCN(CC)C(=S)S[C@@H](C)C(=O)Nc1cccc(OC)c1. The van der Waals surface area contributed by atoms with E-state index in [0.717, 1.165) is 23.1 Å². The van der Waals surface area contributed by atoms with Crippen LogP contribution in [0.5, 0.6) is 5.75 Å². The molecular formula is C15H22N2O2S2. The quantitative estimate of drug-likeness (QED) is 0.812. The molecule has 0 fully saturated rings. The van der Waals surface area contributed by atoms with Crippen molar-refractivity contribution < 1.29 is 9.53 Å². The molecule has 0 bridgehead atoms. The number of nitrogens with zero attached hydrogens (tertiary/aromatic N) is 1. The molecule has 1 aromatic rings. The van der Waals surface area contributed by atoms with Gasteiger partial charge in [0.25, 0.3) is 0 Å². The zero-order chi connectivity index (χ0) is 15.8. The zero-order valence-electron chi connectivity index (χ0n) is 12.9. The molecule has 0 aromatic heterocycles. The fourth-order valence-corrected chi connectivity index (χ4v) is 3.27. The van der Waals surface area contributed by atoms with Crippen molar-refractivity contribution in [1.29, 1.82) is 0 Å². The van der Waals surface area contributed by atoms with Gasteiger partial charge in [-0.2, -0.15) is 0 Å². The number of methoxy groups -OCH3 is 1. The van der Waals surface area contributed by atoms with E-state index >= 15 is 0 Å². The van der Waals surface area contributed by atoms with Gasteiger partial charge >= 0.3 is 0 Å². The molecular weight excluding hydrogens is 304 g/mol. The van der Waals surface area contributed by atoms with E-state index in [1.165, 1.54) is 11.8 Å². The van der Waals surface area contributed by atoms with Gasteiger partial charge in [0, 0.05) is 24.8 Å². The number of thioether (sulfide) groups is 1. The van der Waals surface area contributed by atoms with Gasteiger partial charge < -0.3 is 15.0 Å². The van der Waals surface area contributed by atoms with Gasteiger partial charge in [0.2, 0.25) is 5.91 Å². The minimum absolute atomic E-state index is 0.0669. The van der Waals surface area contributed by atoms with Crippen LogP contribution in [-0.4, -0.2) is 40.6 Å². The summed E-state index contributed by atoms with van der Waals surface area (Å²) in [6, 6.07) is 7.30. The summed E-state index contributed by atoms with van der Waals surface area (Å²) in [6.07, 6.45) is 0. The van der Waals surface area contributed by atoms with Crippen LogP contribution >= 0.6 is 24.0 Å². The molecule has 0 spiro atoms. The largest absolute Gasteiger partial charge is 0.497 e. The number of rotatable bonds is 6. The van der Waals surface area contributed by atoms with Crippen LogP contribution in [0.1, 0.15) is 20.8 Å². The predicted octanol–water partition coefficient (Wildman–Crippen LogP) is 3.38. The average molecular weight is 326 g/mol. The Morgan fingerprint density at radius 2 is 2.10 bits per heavy atom. The summed E-state index contributed by atoms with van der Waals surface area (Å²) >= 11 is 6.77. The predicted molar refractivity (Wildman–Crippen MR) is 94.2 cm³/mol. The molecule has 116 valence electrons. The molecule has 4 nitrogen and oxygen atoms in total. The summed E-state index contributed by atoms with van der Waals surface area (Å²) in [5.74, 6) is 0.648. The maximum Gasteiger partial charge on any atom is 0.237 e. The first kappa shape index (κ1) is 17.8. The average Bonchev–Trinajstić information content (AvgIpc) is 2.48. The fourth-order valence-electron chi connectivity index (χ4n) is 1.71. The lowest BCUT2D eigenvalue weighted by Crippen LogP contribution is -2.31. The Balaban J connectivity index is 2.60. The van der Waals surface area contributed by atoms with Crippen LogP contribution in [0.4, 0.5) is 5.69 Å². The standard InChI is InChI=1S/C15H22N2O2S2/c1-5-17(6-2)15(20)21-11(3)14(18)16-12-8-7-9-13(10-12)19-4/h7-11H,5-6H2,1-4H3,(H,16,18)/t11-/m0/s1. The van der Waals surface area contributed by atoms with Crippen molar-refractivity contribution in [3.05, 3.63) is 24.3 Å². The molecule has 1 N–H and O–H groups in total. The van der Waals surface area contributed by atoms with Crippen LogP contribution in [0, 0.1) is 0 Å². The van der Waals surface area contributed by atoms with Crippen molar-refractivity contribution in [3.63, 3.8) is 0 Å². The second-order valence-corrected chi connectivity index (χ2v) is 6.39. The van der Waals surface area contributed by atoms with Crippen molar-refractivity contribution in [2.75, 3.05) is 25.5 Å². The van der Waals surface area contributed by atoms with Gasteiger partial charge in [-0.05, 0) is 32.9 Å². The number of amides is 1. The molecule has 0 saturated carbocycles. The van der Waals surface area contributed by atoms with Crippen LogP contribution in [0.3, 0.4) is 0 Å². The number of nitrogens with one attached hydrogen (secondary N) is 1. The molecule has 1 aromatic carbocycles. The Labute approximate surface area is 136 Å². The van der Waals surface area contributed by atoms with Crippen molar-refractivity contribution >= 4 is 39.9 Å². The van der Waals surface area contributed by atoms with Crippen LogP contribution in [0.15, 0.2) is 24.3 Å². The monoisotopic (exact) mass is 326 g/mol. The first-order chi connectivity index (χ1) is 10.0. The second-order valence-electron chi connectivity index (χ2n) is 4.42. The van der Waals surface area contributed by atoms with Gasteiger partial charge in [-0.15, -0.1) is 0 Å². The molecule has 0 aliphatic carbocycles. The highest BCUT2D eigenvalue weighted by atomic mass is 32.2. The maximum atomic E-state index is 12.2. The van der Waals surface area contributed by atoms with Crippen molar-refractivity contribution in [1.82, 2.24) is 4.90 Å². The topological polar surface area (TPSA) is 41.6 Å². The Bertz CT molecular complexity index is 490. The summed E-state index contributed by atoms with van der Waals surface area (Å²) in [5.41, 5.74) is 0.723. The Morgan fingerprint density at radius 3 is 2.67 bits per heavy atom. The van der Waals surface area contributed by atoms with Gasteiger partial charge in [0.1, 0.15) is 10.1 Å². The summed E-state index contributed by atoms with van der Waals surface area (Å²) in [7, 11) is 1.60. The molecule has 0 saturated heterocycles.